The summed E-state index contributed by atoms with van der Waals surface area (Å²) in [7, 11) is 0. The van der Waals surface area contributed by atoms with Crippen LogP contribution in [0.4, 0.5) is 8.78 Å². The zero-order chi connectivity index (χ0) is 17.1. The van der Waals surface area contributed by atoms with E-state index < -0.39 is 17.6 Å². The molecular weight excluding hydrogens is 314 g/mol. The van der Waals surface area contributed by atoms with Gasteiger partial charge in [-0.25, -0.2) is 8.78 Å². The van der Waals surface area contributed by atoms with Crippen LogP contribution in [0.2, 0.25) is 0 Å². The molecule has 6 heteroatoms. The maximum atomic E-state index is 13.6. The van der Waals surface area contributed by atoms with Crippen LogP contribution in [0.1, 0.15) is 43.6 Å². The maximum absolute atomic E-state index is 13.6. The third-order valence-corrected chi connectivity index (χ3v) is 4.90. The number of halogens is 2. The molecule has 24 heavy (non-hydrogen) atoms. The molecule has 0 radical (unpaired) electrons. The maximum Gasteiger partial charge on any atom is 0.230 e. The summed E-state index contributed by atoms with van der Waals surface area (Å²) < 4.78 is 26.9. The molecule has 2 fully saturated rings. The van der Waals surface area contributed by atoms with Gasteiger partial charge in [0, 0.05) is 32.6 Å². The number of carbonyl (C=O) groups excluding carboxylic acids is 2. The average molecular weight is 336 g/mol. The Labute approximate surface area is 140 Å². The number of carbonyl (C=O) groups is 2. The molecule has 0 saturated carbocycles. The van der Waals surface area contributed by atoms with E-state index in [9.17, 15) is 18.4 Å². The van der Waals surface area contributed by atoms with Crippen LogP contribution >= 0.6 is 0 Å². The van der Waals surface area contributed by atoms with Crippen molar-refractivity contribution in [1.82, 2.24) is 9.80 Å². The molecule has 0 bridgehead atoms. The van der Waals surface area contributed by atoms with Crippen LogP contribution in [0.3, 0.4) is 0 Å². The fraction of sp³-hybridized carbons (Fsp3) is 0.556. The van der Waals surface area contributed by atoms with E-state index in [4.69, 9.17) is 0 Å². The molecule has 2 aliphatic heterocycles. The van der Waals surface area contributed by atoms with Crippen LogP contribution in [-0.4, -0.2) is 47.8 Å². The van der Waals surface area contributed by atoms with Gasteiger partial charge in [-0.3, -0.25) is 9.59 Å². The second-order valence-corrected chi connectivity index (χ2v) is 6.55. The number of likely N-dealkylation sites (tertiary alicyclic amines) is 2. The van der Waals surface area contributed by atoms with Gasteiger partial charge < -0.3 is 9.80 Å². The van der Waals surface area contributed by atoms with Gasteiger partial charge in [0.25, 0.3) is 0 Å². The molecule has 2 heterocycles. The van der Waals surface area contributed by atoms with E-state index in [0.29, 0.717) is 31.7 Å². The highest BCUT2D eigenvalue weighted by Crippen LogP contribution is 2.27. The molecule has 2 aliphatic rings. The second-order valence-electron chi connectivity index (χ2n) is 6.55. The molecule has 2 saturated heterocycles. The van der Waals surface area contributed by atoms with Crippen LogP contribution in [0, 0.1) is 11.6 Å². The number of benzene rings is 1. The van der Waals surface area contributed by atoms with Gasteiger partial charge in [0.2, 0.25) is 11.8 Å². The Balaban J connectivity index is 1.83. The Morgan fingerprint density at radius 2 is 1.50 bits per heavy atom. The Bertz CT molecular complexity index is 623. The van der Waals surface area contributed by atoms with Crippen molar-refractivity contribution < 1.29 is 18.4 Å². The summed E-state index contributed by atoms with van der Waals surface area (Å²) in [5.74, 6) is -2.93. The minimum absolute atomic E-state index is 0.0143. The minimum Gasteiger partial charge on any atom is -0.343 e. The second kappa shape index (κ2) is 7.28. The normalized spacial score (nSPS) is 18.9. The van der Waals surface area contributed by atoms with Gasteiger partial charge in [0.15, 0.2) is 11.6 Å². The minimum atomic E-state index is -0.986. The Morgan fingerprint density at radius 1 is 0.917 bits per heavy atom. The van der Waals surface area contributed by atoms with E-state index in [1.54, 1.807) is 9.80 Å². The fourth-order valence-corrected chi connectivity index (χ4v) is 3.51. The first kappa shape index (κ1) is 16.9. The Hall–Kier alpha value is -1.98. The zero-order valence-corrected chi connectivity index (χ0v) is 13.6. The van der Waals surface area contributed by atoms with Crippen LogP contribution < -0.4 is 0 Å². The van der Waals surface area contributed by atoms with Crippen molar-refractivity contribution in [2.45, 2.75) is 38.0 Å². The molecule has 0 spiro atoms. The number of hydrogen-bond donors (Lipinski definition) is 0. The first-order valence-corrected chi connectivity index (χ1v) is 8.58. The van der Waals surface area contributed by atoms with Gasteiger partial charge in [-0.1, -0.05) is 6.07 Å². The molecule has 3 rings (SSSR count). The fourth-order valence-electron chi connectivity index (χ4n) is 3.51. The summed E-state index contributed by atoms with van der Waals surface area (Å²) >= 11 is 0. The van der Waals surface area contributed by atoms with Gasteiger partial charge in [0.1, 0.15) is 0 Å². The van der Waals surface area contributed by atoms with Crippen molar-refractivity contribution in [3.05, 3.63) is 35.4 Å². The van der Waals surface area contributed by atoms with Crippen molar-refractivity contribution in [3.8, 4) is 0 Å². The highest BCUT2D eigenvalue weighted by Gasteiger charge is 2.32. The largest absolute Gasteiger partial charge is 0.343 e. The average Bonchev–Trinajstić information content (AvgIpc) is 3.27. The van der Waals surface area contributed by atoms with Crippen LogP contribution in [0.15, 0.2) is 18.2 Å². The van der Waals surface area contributed by atoms with Gasteiger partial charge in [-0.2, -0.15) is 0 Å². The topological polar surface area (TPSA) is 40.6 Å². The number of rotatable bonds is 4. The quantitative estimate of drug-likeness (QED) is 0.848. The van der Waals surface area contributed by atoms with E-state index in [0.717, 1.165) is 37.8 Å². The van der Waals surface area contributed by atoms with E-state index >= 15 is 0 Å². The van der Waals surface area contributed by atoms with E-state index in [-0.39, 0.29) is 18.2 Å². The third kappa shape index (κ3) is 3.57. The predicted molar refractivity (Wildman–Crippen MR) is 85.3 cm³/mol. The zero-order valence-electron chi connectivity index (χ0n) is 13.6. The molecule has 1 unspecified atom stereocenters. The van der Waals surface area contributed by atoms with Crippen LogP contribution in [0.25, 0.3) is 0 Å². The summed E-state index contributed by atoms with van der Waals surface area (Å²) in [5.41, 5.74) is 0.373. The molecule has 2 amide bonds. The van der Waals surface area contributed by atoms with Crippen molar-refractivity contribution in [3.63, 3.8) is 0 Å². The first-order valence-electron chi connectivity index (χ1n) is 8.58. The van der Waals surface area contributed by atoms with Crippen LogP contribution in [-0.2, 0) is 9.59 Å². The van der Waals surface area contributed by atoms with Crippen molar-refractivity contribution >= 4 is 11.8 Å². The summed E-state index contributed by atoms with van der Waals surface area (Å²) in [5, 5.41) is 0. The lowest BCUT2D eigenvalue weighted by Crippen LogP contribution is -2.36. The van der Waals surface area contributed by atoms with E-state index in [2.05, 4.69) is 0 Å². The number of amides is 2. The smallest absolute Gasteiger partial charge is 0.230 e. The van der Waals surface area contributed by atoms with Gasteiger partial charge in [-0.15, -0.1) is 0 Å². The standard InChI is InChI=1S/C18H22F2N2O2/c19-15-6-5-13(11-16(15)20)14(18(24)22-9-3-4-10-22)12-17(23)21-7-1-2-8-21/h5-6,11,14H,1-4,7-10,12H2. The SMILES string of the molecule is O=C(CC(C(=O)N1CCCC1)c1ccc(F)c(F)c1)N1CCCC1. The summed E-state index contributed by atoms with van der Waals surface area (Å²) in [6.45, 7) is 2.75. The third-order valence-electron chi connectivity index (χ3n) is 4.90. The molecule has 4 nitrogen and oxygen atoms in total. The highest BCUT2D eigenvalue weighted by atomic mass is 19.2. The highest BCUT2D eigenvalue weighted by molar-refractivity contribution is 5.90. The van der Waals surface area contributed by atoms with E-state index in [1.807, 2.05) is 0 Å². The lowest BCUT2D eigenvalue weighted by atomic mass is 9.93. The van der Waals surface area contributed by atoms with Crippen molar-refractivity contribution in [1.29, 1.82) is 0 Å². The van der Waals surface area contributed by atoms with Gasteiger partial charge in [-0.05, 0) is 43.4 Å². The van der Waals surface area contributed by atoms with Crippen LogP contribution in [0.5, 0.6) is 0 Å². The molecular formula is C18H22F2N2O2. The van der Waals surface area contributed by atoms with Crippen molar-refractivity contribution in [2.24, 2.45) is 0 Å². The van der Waals surface area contributed by atoms with Crippen molar-refractivity contribution in [2.75, 3.05) is 26.2 Å². The lowest BCUT2D eigenvalue weighted by Gasteiger charge is -2.25. The number of hydrogen-bond acceptors (Lipinski definition) is 2. The number of nitrogens with zero attached hydrogens (tertiary/aromatic N) is 2. The Morgan fingerprint density at radius 3 is 2.08 bits per heavy atom. The van der Waals surface area contributed by atoms with Gasteiger partial charge in [0.05, 0.1) is 5.92 Å². The first-order chi connectivity index (χ1) is 11.6. The monoisotopic (exact) mass is 336 g/mol. The molecule has 0 N–H and O–H groups in total. The lowest BCUT2D eigenvalue weighted by molar-refractivity contribution is -0.137. The summed E-state index contributed by atoms with van der Waals surface area (Å²) in [6.07, 6.45) is 3.84. The molecule has 0 aromatic heterocycles. The predicted octanol–water partition coefficient (Wildman–Crippen LogP) is 2.68. The molecule has 1 aromatic rings. The molecule has 1 aromatic carbocycles. The molecule has 1 atom stereocenters. The van der Waals surface area contributed by atoms with Gasteiger partial charge >= 0.3 is 0 Å². The Kier molecular flexibility index (Phi) is 5.11. The molecule has 0 aliphatic carbocycles. The molecule has 130 valence electrons. The summed E-state index contributed by atoms with van der Waals surface area (Å²) in [4.78, 5) is 28.8. The van der Waals surface area contributed by atoms with E-state index in [1.165, 1.54) is 6.07 Å². The summed E-state index contributed by atoms with van der Waals surface area (Å²) in [6, 6.07) is 3.48.